The number of nitrogens with one attached hydrogen (secondary N) is 3. The fourth-order valence-electron chi connectivity index (χ4n) is 3.57. The first-order valence-corrected chi connectivity index (χ1v) is 13.9. The van der Waals surface area contributed by atoms with Gasteiger partial charge in [-0.05, 0) is 55.5 Å². The summed E-state index contributed by atoms with van der Waals surface area (Å²) >= 11 is 0. The highest BCUT2D eigenvalue weighted by molar-refractivity contribution is 7.74. The van der Waals surface area contributed by atoms with Gasteiger partial charge in [-0.1, -0.05) is 36.4 Å². The molecule has 0 unspecified atom stereocenters. The molecule has 0 radical (unpaired) electrons. The highest BCUT2D eigenvalue weighted by atomic mass is 31.2. The summed E-state index contributed by atoms with van der Waals surface area (Å²) in [5.41, 5.74) is 0.138. The molecule has 41 heavy (non-hydrogen) atoms. The van der Waals surface area contributed by atoms with Crippen LogP contribution in [0.1, 0.15) is 13.3 Å². The number of hydrogen-bond acceptors (Lipinski definition) is 7. The number of carboxylic acid groups (broad SMARTS) is 1. The molecule has 11 nitrogen and oxygen atoms in total. The van der Waals surface area contributed by atoms with E-state index in [1.54, 1.807) is 60.7 Å². The van der Waals surface area contributed by atoms with E-state index >= 15 is 0 Å². The molecule has 0 fully saturated rings. The fourth-order valence-corrected chi connectivity index (χ4v) is 5.60. The minimum Gasteiger partial charge on any atom is -0.481 e. The third kappa shape index (κ3) is 8.66. The summed E-state index contributed by atoms with van der Waals surface area (Å²) in [5, 5.41) is 16.5. The Morgan fingerprint density at radius 3 is 1.88 bits per heavy atom. The van der Waals surface area contributed by atoms with E-state index in [4.69, 9.17) is 4.52 Å². The van der Waals surface area contributed by atoms with Gasteiger partial charge in [0.1, 0.15) is 24.5 Å². The summed E-state index contributed by atoms with van der Waals surface area (Å²) in [6.45, 7) is 0.427. The third-order valence-electron chi connectivity index (χ3n) is 5.71. The Kier molecular flexibility index (Phi) is 10.6. The number of halogens is 1. The maximum absolute atomic E-state index is 13.9. The second-order valence-corrected chi connectivity index (χ2v) is 11.2. The van der Waals surface area contributed by atoms with Crippen molar-refractivity contribution in [3.05, 3.63) is 90.7 Å². The standard InChI is InChI=1S/C28H27FN3O8P/c1-18(30-27(37)28(38)31-20-14-12-19(29)13-15-20)26(36)32-23(16-25(34)35)24(33)17-40-41(39,21-8-4-2-5-9-21)22-10-6-3-7-11-22/h2-15,18,23H,16-17H2,1H3,(H,30,37)(H,31,38)(H,32,36)(H,34,35)/t18-,23-/m0/s1. The molecule has 4 N–H and O–H groups in total. The molecule has 3 amide bonds. The van der Waals surface area contributed by atoms with E-state index in [9.17, 15) is 38.0 Å². The molecule has 3 aromatic carbocycles. The van der Waals surface area contributed by atoms with E-state index < -0.39 is 67.8 Å². The SMILES string of the molecule is C[C@H](NC(=O)C(=O)Nc1ccc(F)cc1)C(=O)N[C@@H](CC(=O)O)C(=O)COP(=O)(c1ccccc1)c1ccccc1. The number of amides is 3. The van der Waals surface area contributed by atoms with Crippen LogP contribution in [0.2, 0.25) is 0 Å². The average Bonchev–Trinajstić information content (AvgIpc) is 2.97. The number of rotatable bonds is 12. The van der Waals surface area contributed by atoms with Crippen LogP contribution in [-0.2, 0) is 33.1 Å². The molecule has 0 spiro atoms. The molecular formula is C28H27FN3O8P. The molecule has 0 aliphatic heterocycles. The molecule has 0 saturated heterocycles. The van der Waals surface area contributed by atoms with Crippen molar-refractivity contribution in [1.82, 2.24) is 10.6 Å². The van der Waals surface area contributed by atoms with Crippen LogP contribution >= 0.6 is 7.37 Å². The number of ketones is 1. The Morgan fingerprint density at radius 2 is 1.37 bits per heavy atom. The smallest absolute Gasteiger partial charge is 0.313 e. The first-order valence-electron chi connectivity index (χ1n) is 12.3. The molecule has 0 aromatic heterocycles. The van der Waals surface area contributed by atoms with Gasteiger partial charge in [0.15, 0.2) is 5.78 Å². The zero-order valence-corrected chi connectivity index (χ0v) is 22.7. The van der Waals surface area contributed by atoms with Gasteiger partial charge in [0.05, 0.1) is 6.42 Å². The number of benzene rings is 3. The predicted molar refractivity (Wildman–Crippen MR) is 148 cm³/mol. The number of carbonyl (C=O) groups is 5. The van der Waals surface area contributed by atoms with Crippen LogP contribution in [0.4, 0.5) is 10.1 Å². The topological polar surface area (TPSA) is 168 Å². The second kappa shape index (κ2) is 14.1. The van der Waals surface area contributed by atoms with Gasteiger partial charge in [-0.25, -0.2) is 4.39 Å². The molecule has 0 saturated carbocycles. The van der Waals surface area contributed by atoms with Gasteiger partial charge < -0.3 is 25.6 Å². The number of hydrogen-bond donors (Lipinski definition) is 4. The number of carbonyl (C=O) groups excluding carboxylic acids is 4. The van der Waals surface area contributed by atoms with E-state index in [0.29, 0.717) is 10.6 Å². The highest BCUT2D eigenvalue weighted by Gasteiger charge is 2.32. The Balaban J connectivity index is 1.66. The lowest BCUT2D eigenvalue weighted by atomic mass is 10.1. The van der Waals surface area contributed by atoms with Crippen LogP contribution in [0.15, 0.2) is 84.9 Å². The molecule has 3 rings (SSSR count). The van der Waals surface area contributed by atoms with Gasteiger partial charge in [-0.15, -0.1) is 0 Å². The Morgan fingerprint density at radius 1 is 0.829 bits per heavy atom. The lowest BCUT2D eigenvalue weighted by molar-refractivity contribution is -0.141. The largest absolute Gasteiger partial charge is 0.481 e. The van der Waals surface area contributed by atoms with Crippen molar-refractivity contribution >= 4 is 53.1 Å². The number of anilines is 1. The third-order valence-corrected chi connectivity index (χ3v) is 8.16. The Bertz CT molecular complexity index is 1410. The number of Topliss-reactive ketones (excluding diaryl/α,β-unsaturated/α-hetero) is 1. The molecule has 13 heteroatoms. The van der Waals surface area contributed by atoms with E-state index in [-0.39, 0.29) is 5.69 Å². The van der Waals surface area contributed by atoms with Crippen LogP contribution in [0.3, 0.4) is 0 Å². The average molecular weight is 584 g/mol. The predicted octanol–water partition coefficient (Wildman–Crippen LogP) is 1.74. The summed E-state index contributed by atoms with van der Waals surface area (Å²) in [7, 11) is -3.77. The summed E-state index contributed by atoms with van der Waals surface area (Å²) in [6, 6.07) is 18.0. The molecule has 0 aliphatic carbocycles. The van der Waals surface area contributed by atoms with E-state index in [1.165, 1.54) is 19.1 Å². The molecule has 2 atom stereocenters. The Hall–Kier alpha value is -4.67. The van der Waals surface area contributed by atoms with Crippen LogP contribution in [0.5, 0.6) is 0 Å². The first kappa shape index (κ1) is 30.9. The number of aliphatic carboxylic acids is 1. The van der Waals surface area contributed by atoms with Crippen LogP contribution in [-0.4, -0.2) is 53.3 Å². The Labute approximate surface area is 234 Å². The monoisotopic (exact) mass is 583 g/mol. The zero-order chi connectivity index (χ0) is 30.0. The maximum Gasteiger partial charge on any atom is 0.313 e. The van der Waals surface area contributed by atoms with E-state index in [0.717, 1.165) is 12.1 Å². The van der Waals surface area contributed by atoms with Crippen LogP contribution < -0.4 is 26.6 Å². The van der Waals surface area contributed by atoms with E-state index in [2.05, 4.69) is 16.0 Å². The van der Waals surface area contributed by atoms with Gasteiger partial charge in [0.25, 0.3) is 7.37 Å². The van der Waals surface area contributed by atoms with Crippen molar-refractivity contribution in [2.75, 3.05) is 11.9 Å². The van der Waals surface area contributed by atoms with Crippen LogP contribution in [0.25, 0.3) is 0 Å². The minimum absolute atomic E-state index is 0.138. The molecule has 214 valence electrons. The molecule has 0 aliphatic rings. The highest BCUT2D eigenvalue weighted by Crippen LogP contribution is 2.44. The van der Waals surface area contributed by atoms with E-state index in [1.807, 2.05) is 0 Å². The van der Waals surface area contributed by atoms with Crippen molar-refractivity contribution in [1.29, 1.82) is 0 Å². The van der Waals surface area contributed by atoms with Crippen molar-refractivity contribution < 1.29 is 42.6 Å². The quantitative estimate of drug-likeness (QED) is 0.185. The molecule has 0 heterocycles. The normalized spacial score (nSPS) is 12.4. The van der Waals surface area contributed by atoms with Gasteiger partial charge in [0, 0.05) is 16.3 Å². The summed E-state index contributed by atoms with van der Waals surface area (Å²) in [4.78, 5) is 61.5. The summed E-state index contributed by atoms with van der Waals surface area (Å²) < 4.78 is 32.6. The molecule has 0 bridgehead atoms. The lowest BCUT2D eigenvalue weighted by Crippen LogP contribution is -2.53. The van der Waals surface area contributed by atoms with Gasteiger partial charge in [-0.3, -0.25) is 28.5 Å². The van der Waals surface area contributed by atoms with Gasteiger partial charge in [-0.2, -0.15) is 0 Å². The summed E-state index contributed by atoms with van der Waals surface area (Å²) in [5.74, 6) is -6.12. The zero-order valence-electron chi connectivity index (χ0n) is 21.8. The van der Waals surface area contributed by atoms with Crippen molar-refractivity contribution in [3.63, 3.8) is 0 Å². The van der Waals surface area contributed by atoms with Gasteiger partial charge in [0.2, 0.25) is 5.91 Å². The molecular weight excluding hydrogens is 556 g/mol. The van der Waals surface area contributed by atoms with Crippen molar-refractivity contribution in [2.24, 2.45) is 0 Å². The minimum atomic E-state index is -3.77. The summed E-state index contributed by atoms with van der Waals surface area (Å²) in [6.07, 6.45) is -0.819. The second-order valence-electron chi connectivity index (χ2n) is 8.78. The fraction of sp³-hybridized carbons (Fsp3) is 0.179. The maximum atomic E-state index is 13.9. The van der Waals surface area contributed by atoms with Crippen molar-refractivity contribution in [2.45, 2.75) is 25.4 Å². The lowest BCUT2D eigenvalue weighted by Gasteiger charge is -2.22. The van der Waals surface area contributed by atoms with Crippen molar-refractivity contribution in [3.8, 4) is 0 Å². The van der Waals surface area contributed by atoms with Gasteiger partial charge >= 0.3 is 17.8 Å². The first-order chi connectivity index (χ1) is 19.5. The van der Waals surface area contributed by atoms with Crippen LogP contribution in [0, 0.1) is 5.82 Å². The molecule has 3 aromatic rings. The number of carboxylic acids is 1.